The van der Waals surface area contributed by atoms with Crippen LogP contribution in [0, 0.1) is 12.3 Å². The van der Waals surface area contributed by atoms with Gasteiger partial charge in [0.15, 0.2) is 0 Å². The van der Waals surface area contributed by atoms with Crippen molar-refractivity contribution in [2.75, 3.05) is 7.11 Å². The van der Waals surface area contributed by atoms with Crippen molar-refractivity contribution in [2.45, 2.75) is 17.9 Å². The fourth-order valence-electron chi connectivity index (χ4n) is 1.15. The topological polar surface area (TPSA) is 55.4 Å². The summed E-state index contributed by atoms with van der Waals surface area (Å²) in [5.41, 5.74) is 0. The molecule has 0 heterocycles. The lowest BCUT2D eigenvalue weighted by Crippen LogP contribution is -2.31. The Labute approximate surface area is 106 Å². The van der Waals surface area contributed by atoms with E-state index in [4.69, 9.17) is 22.8 Å². The van der Waals surface area contributed by atoms with E-state index >= 15 is 0 Å². The Morgan fingerprint density at radius 3 is 2.65 bits per heavy atom. The van der Waals surface area contributed by atoms with Crippen molar-refractivity contribution in [3.8, 4) is 18.1 Å². The first-order chi connectivity index (χ1) is 7.90. The van der Waals surface area contributed by atoms with Crippen LogP contribution in [0.2, 0.25) is 5.02 Å². The predicted octanol–water partition coefficient (Wildman–Crippen LogP) is 1.65. The lowest BCUT2D eigenvalue weighted by atomic mass is 10.3. The fraction of sp³-hybridized carbons (Fsp3) is 0.273. The number of halogens is 1. The zero-order valence-corrected chi connectivity index (χ0v) is 11.0. The van der Waals surface area contributed by atoms with Gasteiger partial charge in [0.25, 0.3) is 0 Å². The van der Waals surface area contributed by atoms with Gasteiger partial charge in [0.05, 0.1) is 23.1 Å². The average molecular weight is 274 g/mol. The van der Waals surface area contributed by atoms with Crippen molar-refractivity contribution in [1.82, 2.24) is 4.72 Å². The molecule has 0 unspecified atom stereocenters. The number of hydrogen-bond acceptors (Lipinski definition) is 3. The minimum absolute atomic E-state index is 0.0467. The SMILES string of the molecule is C#C[C@@H](C)NS(=O)(=O)c1ccc(OC)c(Cl)c1. The van der Waals surface area contributed by atoms with Crippen LogP contribution in [0.4, 0.5) is 0 Å². The van der Waals surface area contributed by atoms with Crippen molar-refractivity contribution in [3.05, 3.63) is 23.2 Å². The molecule has 0 aromatic heterocycles. The second-order valence-electron chi connectivity index (χ2n) is 3.31. The Bertz CT molecular complexity index is 548. The highest BCUT2D eigenvalue weighted by atomic mass is 35.5. The van der Waals surface area contributed by atoms with Crippen LogP contribution in [0.3, 0.4) is 0 Å². The quantitative estimate of drug-likeness (QED) is 0.849. The Kier molecular flexibility index (Phi) is 4.40. The molecule has 1 atom stereocenters. The van der Waals surface area contributed by atoms with Crippen LogP contribution < -0.4 is 9.46 Å². The van der Waals surface area contributed by atoms with E-state index in [1.165, 1.54) is 25.3 Å². The van der Waals surface area contributed by atoms with E-state index in [0.29, 0.717) is 5.75 Å². The number of benzene rings is 1. The number of sulfonamides is 1. The van der Waals surface area contributed by atoms with E-state index in [9.17, 15) is 8.42 Å². The molecule has 6 heteroatoms. The summed E-state index contributed by atoms with van der Waals surface area (Å²) in [6.07, 6.45) is 5.11. The van der Waals surface area contributed by atoms with E-state index in [1.54, 1.807) is 6.92 Å². The standard InChI is InChI=1S/C11H12ClNO3S/c1-4-8(2)13-17(14,15)9-5-6-11(16-3)10(12)7-9/h1,5-8,13H,2-3H3/t8-/m1/s1. The van der Waals surface area contributed by atoms with Gasteiger partial charge in [-0.2, -0.15) is 4.72 Å². The Morgan fingerprint density at radius 1 is 1.53 bits per heavy atom. The van der Waals surface area contributed by atoms with Crippen molar-refractivity contribution < 1.29 is 13.2 Å². The smallest absolute Gasteiger partial charge is 0.241 e. The minimum atomic E-state index is -3.65. The second kappa shape index (κ2) is 5.41. The number of terminal acetylenes is 1. The number of rotatable bonds is 4. The highest BCUT2D eigenvalue weighted by Gasteiger charge is 2.17. The van der Waals surface area contributed by atoms with Crippen LogP contribution in [0.25, 0.3) is 0 Å². The molecule has 0 fully saturated rings. The summed E-state index contributed by atoms with van der Waals surface area (Å²) in [5.74, 6) is 2.69. The molecule has 1 rings (SSSR count). The summed E-state index contributed by atoms with van der Waals surface area (Å²) in [5, 5.41) is 0.226. The maximum atomic E-state index is 11.8. The molecule has 0 saturated carbocycles. The van der Waals surface area contributed by atoms with E-state index in [1.807, 2.05) is 0 Å². The average Bonchev–Trinajstić information content (AvgIpc) is 2.28. The van der Waals surface area contributed by atoms with E-state index < -0.39 is 16.1 Å². The maximum absolute atomic E-state index is 11.8. The van der Waals surface area contributed by atoms with Gasteiger partial charge in [0.1, 0.15) is 5.75 Å². The Hall–Kier alpha value is -1.22. The molecule has 0 amide bonds. The molecule has 17 heavy (non-hydrogen) atoms. The molecule has 0 radical (unpaired) electrons. The zero-order chi connectivity index (χ0) is 13.1. The second-order valence-corrected chi connectivity index (χ2v) is 5.43. The summed E-state index contributed by atoms with van der Waals surface area (Å²) in [6, 6.07) is 3.61. The van der Waals surface area contributed by atoms with Gasteiger partial charge in [0, 0.05) is 0 Å². The van der Waals surface area contributed by atoms with Gasteiger partial charge >= 0.3 is 0 Å². The van der Waals surface area contributed by atoms with Gasteiger partial charge < -0.3 is 4.74 Å². The van der Waals surface area contributed by atoms with E-state index in [0.717, 1.165) is 0 Å². The first kappa shape index (κ1) is 13.8. The molecule has 0 aliphatic heterocycles. The Morgan fingerprint density at radius 2 is 2.18 bits per heavy atom. The van der Waals surface area contributed by atoms with Crippen molar-refractivity contribution >= 4 is 21.6 Å². The van der Waals surface area contributed by atoms with Gasteiger partial charge in [-0.25, -0.2) is 8.42 Å². The summed E-state index contributed by atoms with van der Waals surface area (Å²) in [4.78, 5) is 0.0467. The monoisotopic (exact) mass is 273 g/mol. The molecule has 0 saturated heterocycles. The molecular formula is C11H12ClNO3S. The summed E-state index contributed by atoms with van der Waals surface area (Å²) < 4.78 is 31.0. The first-order valence-electron chi connectivity index (χ1n) is 4.72. The van der Waals surface area contributed by atoms with Gasteiger partial charge in [-0.05, 0) is 25.1 Å². The van der Waals surface area contributed by atoms with Gasteiger partial charge in [0.2, 0.25) is 10.0 Å². The van der Waals surface area contributed by atoms with E-state index in [2.05, 4.69) is 10.6 Å². The van der Waals surface area contributed by atoms with Crippen LogP contribution in [0.1, 0.15) is 6.92 Å². The van der Waals surface area contributed by atoms with Gasteiger partial charge in [-0.1, -0.05) is 17.5 Å². The molecule has 1 aromatic rings. The molecule has 4 nitrogen and oxygen atoms in total. The molecule has 0 aliphatic rings. The van der Waals surface area contributed by atoms with Crippen molar-refractivity contribution in [2.24, 2.45) is 0 Å². The molecule has 92 valence electrons. The van der Waals surface area contributed by atoms with Crippen molar-refractivity contribution in [3.63, 3.8) is 0 Å². The molecule has 1 N–H and O–H groups in total. The zero-order valence-electron chi connectivity index (χ0n) is 9.40. The lowest BCUT2D eigenvalue weighted by Gasteiger charge is -2.10. The molecule has 0 aliphatic carbocycles. The number of ether oxygens (including phenoxy) is 1. The van der Waals surface area contributed by atoms with Crippen LogP contribution in [-0.4, -0.2) is 21.6 Å². The lowest BCUT2D eigenvalue weighted by molar-refractivity contribution is 0.414. The molecular weight excluding hydrogens is 262 g/mol. The third-order valence-electron chi connectivity index (χ3n) is 2.02. The largest absolute Gasteiger partial charge is 0.495 e. The van der Waals surface area contributed by atoms with Crippen LogP contribution in [0.15, 0.2) is 23.1 Å². The molecule has 0 spiro atoms. The van der Waals surface area contributed by atoms with Crippen molar-refractivity contribution in [1.29, 1.82) is 0 Å². The summed E-state index contributed by atoms with van der Waals surface area (Å²) in [6.45, 7) is 1.57. The third-order valence-corrected chi connectivity index (χ3v) is 3.85. The highest BCUT2D eigenvalue weighted by molar-refractivity contribution is 7.89. The summed E-state index contributed by atoms with van der Waals surface area (Å²) in [7, 11) is -2.20. The number of methoxy groups -OCH3 is 1. The number of hydrogen-bond donors (Lipinski definition) is 1. The van der Waals surface area contributed by atoms with Crippen LogP contribution in [-0.2, 0) is 10.0 Å². The maximum Gasteiger partial charge on any atom is 0.241 e. The van der Waals surface area contributed by atoms with Crippen LogP contribution in [0.5, 0.6) is 5.75 Å². The fourth-order valence-corrected chi connectivity index (χ4v) is 2.66. The molecule has 0 bridgehead atoms. The third kappa shape index (κ3) is 3.37. The number of nitrogens with one attached hydrogen (secondary N) is 1. The summed E-state index contributed by atoms with van der Waals surface area (Å²) >= 11 is 5.85. The Balaban J connectivity index is 3.09. The van der Waals surface area contributed by atoms with Gasteiger partial charge in [-0.15, -0.1) is 6.42 Å². The first-order valence-corrected chi connectivity index (χ1v) is 6.59. The predicted molar refractivity (Wildman–Crippen MR) is 66.6 cm³/mol. The minimum Gasteiger partial charge on any atom is -0.495 e. The highest BCUT2D eigenvalue weighted by Crippen LogP contribution is 2.26. The molecule has 1 aromatic carbocycles. The van der Waals surface area contributed by atoms with Gasteiger partial charge in [-0.3, -0.25) is 0 Å². The van der Waals surface area contributed by atoms with Crippen LogP contribution >= 0.6 is 11.6 Å². The van der Waals surface area contributed by atoms with E-state index in [-0.39, 0.29) is 9.92 Å². The normalized spacial score (nSPS) is 12.8.